The number of amides is 1. The number of rotatable bonds is 3. The first-order valence-corrected chi connectivity index (χ1v) is 5.28. The van der Waals surface area contributed by atoms with Crippen LogP contribution in [0.25, 0.3) is 0 Å². The zero-order chi connectivity index (χ0) is 11.5. The van der Waals surface area contributed by atoms with E-state index in [1.54, 1.807) is 0 Å². The Balaban J connectivity index is 0.00000225. The van der Waals surface area contributed by atoms with Crippen LogP contribution in [0.1, 0.15) is 6.92 Å². The molecule has 8 heteroatoms. The Morgan fingerprint density at radius 2 is 1.81 bits per heavy atom. The average molecular weight is 270 g/mol. The van der Waals surface area contributed by atoms with Crippen LogP contribution in [0.15, 0.2) is 24.3 Å². The number of anilines is 1. The molecule has 0 radical (unpaired) electrons. The van der Waals surface area contributed by atoms with E-state index in [9.17, 15) is 13.2 Å². The molecule has 0 aromatic heterocycles. The van der Waals surface area contributed by atoms with E-state index in [0.717, 1.165) is 0 Å². The summed E-state index contributed by atoms with van der Waals surface area (Å²) >= 11 is 0. The Morgan fingerprint density at radius 1 is 1.31 bits per heavy atom. The smallest absolute Gasteiger partial charge is 0.362 e. The van der Waals surface area contributed by atoms with Crippen molar-refractivity contribution in [2.45, 2.75) is 6.92 Å². The third-order valence-electron chi connectivity index (χ3n) is 1.38. The van der Waals surface area contributed by atoms with Gasteiger partial charge in [0.1, 0.15) is 5.75 Å². The van der Waals surface area contributed by atoms with Crippen molar-refractivity contribution in [2.24, 2.45) is 0 Å². The molecule has 0 saturated carbocycles. The molecular weight excluding hydrogens is 261 g/mol. The van der Waals surface area contributed by atoms with E-state index < -0.39 is 10.4 Å². The van der Waals surface area contributed by atoms with E-state index in [1.807, 2.05) is 0 Å². The van der Waals surface area contributed by atoms with Crippen LogP contribution in [0.2, 0.25) is 0 Å². The molecule has 0 aliphatic rings. The fourth-order valence-corrected chi connectivity index (χ4v) is 1.27. The van der Waals surface area contributed by atoms with Gasteiger partial charge in [0.15, 0.2) is 0 Å². The van der Waals surface area contributed by atoms with Gasteiger partial charge in [-0.1, -0.05) is 0 Å². The van der Waals surface area contributed by atoms with Gasteiger partial charge in [-0.3, -0.25) is 9.35 Å². The SMILES string of the molecule is CC(=O)Nc1ccc(OS(=O)(=O)O)cc1.[K+]. The minimum absolute atomic E-state index is 0. The molecule has 0 heterocycles. The fraction of sp³-hybridized carbons (Fsp3) is 0.125. The van der Waals surface area contributed by atoms with E-state index >= 15 is 0 Å². The van der Waals surface area contributed by atoms with Crippen LogP contribution in [-0.2, 0) is 15.2 Å². The molecule has 0 bridgehead atoms. The molecule has 1 aromatic rings. The minimum Gasteiger partial charge on any atom is -0.362 e. The van der Waals surface area contributed by atoms with E-state index in [4.69, 9.17) is 4.55 Å². The van der Waals surface area contributed by atoms with Crippen LogP contribution in [0.3, 0.4) is 0 Å². The van der Waals surface area contributed by atoms with Crippen molar-refractivity contribution < 1.29 is 73.3 Å². The molecule has 0 unspecified atom stereocenters. The van der Waals surface area contributed by atoms with Gasteiger partial charge in [-0.2, -0.15) is 8.42 Å². The Labute approximate surface area is 136 Å². The van der Waals surface area contributed by atoms with E-state index in [2.05, 4.69) is 9.50 Å². The molecule has 1 rings (SSSR count). The summed E-state index contributed by atoms with van der Waals surface area (Å²) in [5, 5.41) is 2.49. The molecule has 0 atom stereocenters. The van der Waals surface area contributed by atoms with Crippen LogP contribution in [-0.4, -0.2) is 18.9 Å². The van der Waals surface area contributed by atoms with Crippen molar-refractivity contribution in [3.8, 4) is 5.75 Å². The summed E-state index contributed by atoms with van der Waals surface area (Å²) in [6.07, 6.45) is 0. The second-order valence-corrected chi connectivity index (χ2v) is 3.74. The first-order chi connectivity index (χ1) is 6.87. The third-order valence-corrected chi connectivity index (χ3v) is 1.78. The molecule has 2 N–H and O–H groups in total. The number of hydrogen-bond acceptors (Lipinski definition) is 4. The fourth-order valence-electron chi connectivity index (χ4n) is 0.919. The molecule has 6 nitrogen and oxygen atoms in total. The van der Waals surface area contributed by atoms with Crippen LogP contribution in [0, 0.1) is 0 Å². The van der Waals surface area contributed by atoms with Crippen LogP contribution < -0.4 is 60.9 Å². The van der Waals surface area contributed by atoms with Crippen molar-refractivity contribution in [1.29, 1.82) is 0 Å². The standard InChI is InChI=1S/C8H9NO5S.K/c1-6(10)9-7-2-4-8(5-3-7)14-15(11,12)13;/h2-5H,1H3,(H,9,10)(H,11,12,13);/q;+1. The van der Waals surface area contributed by atoms with Crippen molar-refractivity contribution in [1.82, 2.24) is 0 Å². The van der Waals surface area contributed by atoms with Gasteiger partial charge in [-0.05, 0) is 24.3 Å². The molecule has 82 valence electrons. The molecule has 0 spiro atoms. The van der Waals surface area contributed by atoms with Gasteiger partial charge in [-0.25, -0.2) is 0 Å². The van der Waals surface area contributed by atoms with Crippen LogP contribution in [0.5, 0.6) is 5.75 Å². The number of carbonyl (C=O) groups is 1. The van der Waals surface area contributed by atoms with Gasteiger partial charge in [-0.15, -0.1) is 0 Å². The Hall–Kier alpha value is 0.0364. The van der Waals surface area contributed by atoms with Crippen molar-refractivity contribution in [3.05, 3.63) is 24.3 Å². The molecule has 0 fully saturated rings. The van der Waals surface area contributed by atoms with Gasteiger partial charge in [0, 0.05) is 12.6 Å². The third kappa shape index (κ3) is 6.58. The summed E-state index contributed by atoms with van der Waals surface area (Å²) < 4.78 is 33.2. The molecular formula is C8H9KNO5S+. The normalized spacial score (nSPS) is 10.1. The largest absolute Gasteiger partial charge is 1.00 e. The predicted molar refractivity (Wildman–Crippen MR) is 52.9 cm³/mol. The average Bonchev–Trinajstić information content (AvgIpc) is 2.05. The van der Waals surface area contributed by atoms with Gasteiger partial charge in [0.25, 0.3) is 0 Å². The molecule has 0 aliphatic carbocycles. The van der Waals surface area contributed by atoms with Crippen molar-refractivity contribution in [3.63, 3.8) is 0 Å². The number of benzene rings is 1. The summed E-state index contributed by atoms with van der Waals surface area (Å²) in [6.45, 7) is 1.35. The van der Waals surface area contributed by atoms with Crippen LogP contribution in [0.4, 0.5) is 5.69 Å². The van der Waals surface area contributed by atoms with Gasteiger partial charge in [0.05, 0.1) is 0 Å². The second kappa shape index (κ2) is 6.69. The maximum absolute atomic E-state index is 10.6. The summed E-state index contributed by atoms with van der Waals surface area (Å²) in [6, 6.07) is 5.50. The molecule has 0 aliphatic heterocycles. The topological polar surface area (TPSA) is 92.7 Å². The second-order valence-electron chi connectivity index (χ2n) is 2.72. The molecule has 16 heavy (non-hydrogen) atoms. The van der Waals surface area contributed by atoms with Gasteiger partial charge < -0.3 is 9.50 Å². The predicted octanol–water partition coefficient (Wildman–Crippen LogP) is -2.17. The van der Waals surface area contributed by atoms with E-state index in [0.29, 0.717) is 5.69 Å². The van der Waals surface area contributed by atoms with Crippen molar-refractivity contribution in [2.75, 3.05) is 5.32 Å². The first kappa shape index (κ1) is 16.0. The van der Waals surface area contributed by atoms with Gasteiger partial charge in [0.2, 0.25) is 5.91 Å². The van der Waals surface area contributed by atoms with Gasteiger partial charge >= 0.3 is 61.8 Å². The quantitative estimate of drug-likeness (QED) is 0.482. The Kier molecular flexibility index (Phi) is 6.71. The number of hydrogen-bond donors (Lipinski definition) is 2. The Morgan fingerprint density at radius 3 is 2.19 bits per heavy atom. The number of carbonyl (C=O) groups excluding carboxylic acids is 1. The van der Waals surface area contributed by atoms with E-state index in [1.165, 1.54) is 31.2 Å². The summed E-state index contributed by atoms with van der Waals surface area (Å²) in [5.74, 6) is -0.273. The summed E-state index contributed by atoms with van der Waals surface area (Å²) in [5.41, 5.74) is 0.505. The zero-order valence-corrected chi connectivity index (χ0v) is 12.7. The first-order valence-electron chi connectivity index (χ1n) is 3.91. The minimum atomic E-state index is -4.50. The number of nitrogens with one attached hydrogen (secondary N) is 1. The Bertz CT molecular complexity index is 456. The van der Waals surface area contributed by atoms with E-state index in [-0.39, 0.29) is 63.0 Å². The zero-order valence-electron chi connectivity index (χ0n) is 8.80. The van der Waals surface area contributed by atoms with Crippen molar-refractivity contribution >= 4 is 22.0 Å². The monoisotopic (exact) mass is 270 g/mol. The maximum atomic E-state index is 10.6. The summed E-state index contributed by atoms with van der Waals surface area (Å²) in [4.78, 5) is 10.6. The van der Waals surface area contributed by atoms with Crippen LogP contribution >= 0.6 is 0 Å². The molecule has 1 amide bonds. The maximum Gasteiger partial charge on any atom is 1.00 e. The molecule has 0 saturated heterocycles. The summed E-state index contributed by atoms with van der Waals surface area (Å²) in [7, 11) is -4.50. The molecule has 1 aromatic carbocycles.